The molecular formula is C23H24FNO6S. The number of carbonyl (C=O) groups excluding carboxylic acids is 1. The van der Waals surface area contributed by atoms with Gasteiger partial charge >= 0.3 is 11.6 Å². The highest BCUT2D eigenvalue weighted by Crippen LogP contribution is 2.27. The van der Waals surface area contributed by atoms with Gasteiger partial charge in [-0.1, -0.05) is 13.8 Å². The molecule has 0 spiro atoms. The number of esters is 1. The van der Waals surface area contributed by atoms with Crippen LogP contribution in [-0.4, -0.2) is 32.3 Å². The van der Waals surface area contributed by atoms with E-state index < -0.39 is 34.0 Å². The molecule has 3 aromatic rings. The minimum Gasteiger partial charge on any atom is -0.460 e. The van der Waals surface area contributed by atoms with Crippen molar-refractivity contribution in [3.63, 3.8) is 0 Å². The average molecular weight is 462 g/mol. The lowest BCUT2D eigenvalue weighted by molar-refractivity contribution is -0.144. The van der Waals surface area contributed by atoms with E-state index in [1.54, 1.807) is 6.07 Å². The van der Waals surface area contributed by atoms with Gasteiger partial charge in [-0.15, -0.1) is 0 Å². The van der Waals surface area contributed by atoms with Gasteiger partial charge in [0.25, 0.3) is 0 Å². The summed E-state index contributed by atoms with van der Waals surface area (Å²) in [7, 11) is -2.77. The molecule has 9 heteroatoms. The Morgan fingerprint density at radius 2 is 1.81 bits per heavy atom. The number of sulfonamides is 1. The second-order valence-electron chi connectivity index (χ2n) is 7.83. The Labute approximate surface area is 185 Å². The molecule has 0 fully saturated rings. The number of hydrogen-bond acceptors (Lipinski definition) is 6. The number of fused-ring (bicyclic) bond motifs is 1. The average Bonchev–Trinajstić information content (AvgIpc) is 2.71. The van der Waals surface area contributed by atoms with Crippen LogP contribution in [0.25, 0.3) is 11.0 Å². The van der Waals surface area contributed by atoms with Crippen LogP contribution in [0.1, 0.15) is 36.5 Å². The molecule has 0 unspecified atom stereocenters. The molecule has 0 saturated carbocycles. The molecule has 0 radical (unpaired) electrons. The van der Waals surface area contributed by atoms with Gasteiger partial charge in [-0.25, -0.2) is 17.6 Å². The normalized spacial score (nSPS) is 12.0. The van der Waals surface area contributed by atoms with E-state index in [1.807, 2.05) is 26.8 Å². The summed E-state index contributed by atoms with van der Waals surface area (Å²) in [6, 6.07) is 9.24. The molecule has 0 aliphatic rings. The zero-order valence-corrected chi connectivity index (χ0v) is 19.0. The van der Waals surface area contributed by atoms with Crippen molar-refractivity contribution in [3.05, 3.63) is 75.4 Å². The van der Waals surface area contributed by atoms with Crippen molar-refractivity contribution in [2.75, 3.05) is 13.6 Å². The summed E-state index contributed by atoms with van der Waals surface area (Å²) in [6.07, 6.45) is 0. The van der Waals surface area contributed by atoms with Crippen LogP contribution in [-0.2, 0) is 26.2 Å². The quantitative estimate of drug-likeness (QED) is 0.393. The van der Waals surface area contributed by atoms with Crippen molar-refractivity contribution in [2.24, 2.45) is 0 Å². The van der Waals surface area contributed by atoms with Crippen LogP contribution in [0.2, 0.25) is 0 Å². The molecule has 1 aromatic heterocycles. The molecule has 0 N–H and O–H groups in total. The van der Waals surface area contributed by atoms with Crippen LogP contribution in [0.4, 0.5) is 4.39 Å². The van der Waals surface area contributed by atoms with E-state index in [0.29, 0.717) is 16.5 Å². The highest BCUT2D eigenvalue weighted by molar-refractivity contribution is 7.89. The fourth-order valence-electron chi connectivity index (χ4n) is 3.39. The first kappa shape index (κ1) is 23.6. The topological polar surface area (TPSA) is 93.9 Å². The third-order valence-corrected chi connectivity index (χ3v) is 6.92. The zero-order valence-electron chi connectivity index (χ0n) is 18.2. The summed E-state index contributed by atoms with van der Waals surface area (Å²) in [5, 5.41) is 0.652. The highest BCUT2D eigenvalue weighted by Gasteiger charge is 2.24. The SMILES string of the molecule is Cc1cc2oc(=O)cc(COC(=O)CN(C)S(=O)(=O)c3ccc(F)cc3)c2cc1C(C)C. The maximum Gasteiger partial charge on any atom is 0.336 e. The number of halogens is 1. The number of benzene rings is 2. The first-order valence-corrected chi connectivity index (χ1v) is 11.4. The monoisotopic (exact) mass is 461 g/mol. The maximum absolute atomic E-state index is 13.1. The molecule has 0 saturated heterocycles. The van der Waals surface area contributed by atoms with Gasteiger partial charge in [-0.2, -0.15) is 4.31 Å². The summed E-state index contributed by atoms with van der Waals surface area (Å²) < 4.78 is 49.5. The fraction of sp³-hybridized carbons (Fsp3) is 0.304. The predicted octanol–water partition coefficient (Wildman–Crippen LogP) is 3.73. The Kier molecular flexibility index (Phi) is 6.80. The lowest BCUT2D eigenvalue weighted by Gasteiger charge is -2.17. The van der Waals surface area contributed by atoms with Gasteiger partial charge in [0.15, 0.2) is 0 Å². The standard InChI is InChI=1S/C23H24FNO6S/c1-14(2)19-11-20-16(10-22(26)31-21(20)9-15(19)3)13-30-23(27)12-25(4)32(28,29)18-7-5-17(24)6-8-18/h5-11,14H,12-13H2,1-4H3. The molecule has 32 heavy (non-hydrogen) atoms. The van der Waals surface area contributed by atoms with Crippen molar-refractivity contribution in [1.29, 1.82) is 0 Å². The number of nitrogens with zero attached hydrogens (tertiary/aromatic N) is 1. The highest BCUT2D eigenvalue weighted by atomic mass is 32.2. The summed E-state index contributed by atoms with van der Waals surface area (Å²) >= 11 is 0. The van der Waals surface area contributed by atoms with Crippen LogP contribution in [0.15, 0.2) is 56.6 Å². The molecule has 2 aromatic carbocycles. The Bertz CT molecular complexity index is 1310. The van der Waals surface area contributed by atoms with Crippen molar-refractivity contribution in [1.82, 2.24) is 4.31 Å². The van der Waals surface area contributed by atoms with Gasteiger partial charge in [0.1, 0.15) is 24.6 Å². The molecule has 0 atom stereocenters. The largest absolute Gasteiger partial charge is 0.460 e. The third-order valence-electron chi connectivity index (χ3n) is 5.10. The summed E-state index contributed by atoms with van der Waals surface area (Å²) in [5.41, 5.74) is 2.34. The minimum absolute atomic E-state index is 0.141. The molecule has 7 nitrogen and oxygen atoms in total. The van der Waals surface area contributed by atoms with E-state index in [0.717, 1.165) is 39.7 Å². The van der Waals surface area contributed by atoms with E-state index in [2.05, 4.69) is 0 Å². The van der Waals surface area contributed by atoms with E-state index in [4.69, 9.17) is 9.15 Å². The molecule has 0 amide bonds. The van der Waals surface area contributed by atoms with Gasteiger partial charge < -0.3 is 9.15 Å². The first-order valence-electron chi connectivity index (χ1n) is 9.94. The minimum atomic E-state index is -3.99. The third kappa shape index (κ3) is 5.05. The summed E-state index contributed by atoms with van der Waals surface area (Å²) in [5.74, 6) is -1.12. The van der Waals surface area contributed by atoms with E-state index in [1.165, 1.54) is 13.1 Å². The van der Waals surface area contributed by atoms with Gasteiger partial charge in [0.05, 0.1) is 4.90 Å². The molecule has 3 rings (SSSR count). The number of hydrogen-bond donors (Lipinski definition) is 0. The van der Waals surface area contributed by atoms with Crippen LogP contribution >= 0.6 is 0 Å². The predicted molar refractivity (Wildman–Crippen MR) is 117 cm³/mol. The van der Waals surface area contributed by atoms with Crippen LogP contribution in [0.3, 0.4) is 0 Å². The molecule has 1 heterocycles. The summed E-state index contributed by atoms with van der Waals surface area (Å²) in [6.45, 7) is 5.26. The zero-order chi connectivity index (χ0) is 23.6. The van der Waals surface area contributed by atoms with Gasteiger partial charge in [-0.05, 0) is 60.4 Å². The molecule has 0 bridgehead atoms. The van der Waals surface area contributed by atoms with Crippen molar-refractivity contribution >= 4 is 27.0 Å². The van der Waals surface area contributed by atoms with E-state index in [9.17, 15) is 22.4 Å². The van der Waals surface area contributed by atoms with Crippen molar-refractivity contribution < 1.29 is 26.8 Å². The Morgan fingerprint density at radius 3 is 2.44 bits per heavy atom. The fourth-order valence-corrected chi connectivity index (χ4v) is 4.51. The Balaban J connectivity index is 1.77. The van der Waals surface area contributed by atoms with Crippen molar-refractivity contribution in [2.45, 2.75) is 38.2 Å². The lowest BCUT2D eigenvalue weighted by atomic mass is 9.95. The number of rotatable bonds is 7. The number of ether oxygens (including phenoxy) is 1. The smallest absolute Gasteiger partial charge is 0.336 e. The molecule has 0 aliphatic carbocycles. The van der Waals surface area contributed by atoms with Crippen LogP contribution in [0, 0.1) is 12.7 Å². The van der Waals surface area contributed by atoms with Crippen LogP contribution in [0.5, 0.6) is 0 Å². The second kappa shape index (κ2) is 9.22. The molecule has 0 aliphatic heterocycles. The van der Waals surface area contributed by atoms with Gasteiger partial charge in [0.2, 0.25) is 10.0 Å². The van der Waals surface area contributed by atoms with E-state index >= 15 is 0 Å². The molecule has 170 valence electrons. The van der Waals surface area contributed by atoms with E-state index in [-0.39, 0.29) is 17.4 Å². The second-order valence-corrected chi connectivity index (χ2v) is 9.87. The first-order chi connectivity index (χ1) is 15.0. The Hall–Kier alpha value is -3.04. The van der Waals surface area contributed by atoms with Crippen molar-refractivity contribution in [3.8, 4) is 0 Å². The summed E-state index contributed by atoms with van der Waals surface area (Å²) in [4.78, 5) is 24.1. The maximum atomic E-state index is 13.1. The number of carbonyl (C=O) groups is 1. The lowest BCUT2D eigenvalue weighted by Crippen LogP contribution is -2.33. The van der Waals surface area contributed by atoms with Gasteiger partial charge in [-0.3, -0.25) is 4.79 Å². The van der Waals surface area contributed by atoms with Gasteiger partial charge in [0, 0.05) is 24.1 Å². The molecular weight excluding hydrogens is 437 g/mol. The number of aryl methyl sites for hydroxylation is 1. The van der Waals surface area contributed by atoms with Crippen LogP contribution < -0.4 is 5.63 Å². The number of likely N-dealkylation sites (N-methyl/N-ethyl adjacent to an activating group) is 1. The Morgan fingerprint density at radius 1 is 1.16 bits per heavy atom.